The molecule has 1 aliphatic rings. The van der Waals surface area contributed by atoms with E-state index >= 15 is 0 Å². The van der Waals surface area contributed by atoms with Crippen LogP contribution in [0.3, 0.4) is 0 Å². The van der Waals surface area contributed by atoms with Gasteiger partial charge in [0.05, 0.1) is 0 Å². The molecule has 0 unspecified atom stereocenters. The molecule has 3 rings (SSSR count). The Labute approximate surface area is 151 Å². The predicted molar refractivity (Wildman–Crippen MR) is 92.1 cm³/mol. The molecule has 0 spiro atoms. The highest BCUT2D eigenvalue weighted by Crippen LogP contribution is 2.20. The van der Waals surface area contributed by atoms with E-state index in [0.29, 0.717) is 26.2 Å². The van der Waals surface area contributed by atoms with Gasteiger partial charge >= 0.3 is 0 Å². The van der Waals surface area contributed by atoms with E-state index in [2.05, 4.69) is 15.5 Å². The van der Waals surface area contributed by atoms with Gasteiger partial charge in [0.25, 0.3) is 5.91 Å². The number of aromatic nitrogens is 4. The monoisotopic (exact) mass is 358 g/mol. The highest BCUT2D eigenvalue weighted by molar-refractivity contribution is 5.84. The molecule has 1 aromatic heterocycles. The molecule has 1 saturated heterocycles. The second kappa shape index (κ2) is 8.52. The first-order valence-corrected chi connectivity index (χ1v) is 8.53. The number of hydrogen-bond donors (Lipinski definition) is 0. The molecule has 1 fully saturated rings. The second-order valence-electron chi connectivity index (χ2n) is 6.10. The highest BCUT2D eigenvalue weighted by Gasteiger charge is 2.30. The smallest absolute Gasteiger partial charge is 0.252 e. The molecule has 1 aromatic carbocycles. The molecule has 1 aliphatic heterocycles. The van der Waals surface area contributed by atoms with Crippen LogP contribution >= 0.6 is 0 Å². The molecule has 2 heterocycles. The summed E-state index contributed by atoms with van der Waals surface area (Å²) < 4.78 is 6.39. The molecule has 9 nitrogen and oxygen atoms in total. The quantitative estimate of drug-likeness (QED) is 0.745. The summed E-state index contributed by atoms with van der Waals surface area (Å²) in [6.45, 7) is 2.23. The number of hydrogen-bond acceptors (Lipinski definition) is 6. The van der Waals surface area contributed by atoms with Gasteiger partial charge in [-0.2, -0.15) is 0 Å². The lowest BCUT2D eigenvalue weighted by Crippen LogP contribution is -2.41. The lowest BCUT2D eigenvalue weighted by atomic mass is 10.1. The number of rotatable bonds is 5. The molecular weight excluding hydrogens is 336 g/mol. The summed E-state index contributed by atoms with van der Waals surface area (Å²) in [6, 6.07) is 8.82. The van der Waals surface area contributed by atoms with Crippen molar-refractivity contribution in [2.24, 2.45) is 0 Å². The van der Waals surface area contributed by atoms with Crippen molar-refractivity contribution < 1.29 is 14.3 Å². The molecule has 2 amide bonds. The minimum atomic E-state index is -0.618. The highest BCUT2D eigenvalue weighted by atomic mass is 16.5. The fourth-order valence-corrected chi connectivity index (χ4v) is 3.11. The van der Waals surface area contributed by atoms with E-state index in [-0.39, 0.29) is 18.4 Å². The molecule has 26 heavy (non-hydrogen) atoms. The van der Waals surface area contributed by atoms with Gasteiger partial charge in [0, 0.05) is 33.3 Å². The van der Waals surface area contributed by atoms with Crippen molar-refractivity contribution in [3.05, 3.63) is 42.2 Å². The Morgan fingerprint density at radius 1 is 1.12 bits per heavy atom. The summed E-state index contributed by atoms with van der Waals surface area (Å²) in [5.41, 5.74) is 0.821. The van der Waals surface area contributed by atoms with Gasteiger partial charge in [-0.25, -0.2) is 4.68 Å². The van der Waals surface area contributed by atoms with Gasteiger partial charge in [-0.3, -0.25) is 9.59 Å². The zero-order valence-electron chi connectivity index (χ0n) is 14.7. The van der Waals surface area contributed by atoms with Crippen LogP contribution in [-0.2, 0) is 14.3 Å². The Kier molecular flexibility index (Phi) is 5.90. The molecule has 0 N–H and O–H groups in total. The second-order valence-corrected chi connectivity index (χ2v) is 6.10. The van der Waals surface area contributed by atoms with Crippen LogP contribution in [-0.4, -0.2) is 81.7 Å². The number of benzene rings is 1. The van der Waals surface area contributed by atoms with E-state index in [0.717, 1.165) is 12.0 Å². The first kappa shape index (κ1) is 18.0. The Hall–Kier alpha value is -2.81. The van der Waals surface area contributed by atoms with Crippen molar-refractivity contribution in [3.63, 3.8) is 0 Å². The minimum Gasteiger partial charge on any atom is -0.375 e. The Morgan fingerprint density at radius 3 is 2.54 bits per heavy atom. The third-order valence-electron chi connectivity index (χ3n) is 4.41. The van der Waals surface area contributed by atoms with Gasteiger partial charge in [0.15, 0.2) is 6.04 Å². The van der Waals surface area contributed by atoms with E-state index in [1.807, 2.05) is 30.3 Å². The number of amides is 2. The van der Waals surface area contributed by atoms with Gasteiger partial charge in [-0.05, 0) is 22.4 Å². The van der Waals surface area contributed by atoms with Crippen LogP contribution in [0.4, 0.5) is 0 Å². The zero-order chi connectivity index (χ0) is 18.4. The third-order valence-corrected chi connectivity index (χ3v) is 4.41. The fourth-order valence-electron chi connectivity index (χ4n) is 3.11. The van der Waals surface area contributed by atoms with Crippen LogP contribution in [0.1, 0.15) is 18.0 Å². The zero-order valence-corrected chi connectivity index (χ0v) is 14.7. The first-order valence-electron chi connectivity index (χ1n) is 8.53. The van der Waals surface area contributed by atoms with E-state index in [1.165, 1.54) is 18.1 Å². The molecule has 9 heteroatoms. The summed E-state index contributed by atoms with van der Waals surface area (Å²) in [6.07, 6.45) is 2.17. The van der Waals surface area contributed by atoms with Crippen LogP contribution < -0.4 is 0 Å². The van der Waals surface area contributed by atoms with Crippen LogP contribution in [0, 0.1) is 0 Å². The Bertz CT molecular complexity index is 721. The van der Waals surface area contributed by atoms with Crippen molar-refractivity contribution >= 4 is 11.8 Å². The van der Waals surface area contributed by atoms with Crippen LogP contribution in [0.5, 0.6) is 0 Å². The van der Waals surface area contributed by atoms with Gasteiger partial charge in [-0.1, -0.05) is 30.3 Å². The SMILES string of the molecule is COCC(=O)N1CCCN(C(=O)[C@H](c2ccccc2)n2cnnn2)CC1. The number of carbonyl (C=O) groups excluding carboxylic acids is 2. The molecule has 2 aromatic rings. The minimum absolute atomic E-state index is 0.0538. The molecule has 0 radical (unpaired) electrons. The van der Waals surface area contributed by atoms with E-state index in [1.54, 1.807) is 9.80 Å². The number of tetrazole rings is 1. The maximum atomic E-state index is 13.2. The maximum absolute atomic E-state index is 13.2. The van der Waals surface area contributed by atoms with Crippen LogP contribution in [0.2, 0.25) is 0 Å². The average molecular weight is 358 g/mol. The molecular formula is C17H22N6O3. The third kappa shape index (κ3) is 4.05. The lowest BCUT2D eigenvalue weighted by molar-refractivity contribution is -0.136. The van der Waals surface area contributed by atoms with Crippen molar-refractivity contribution in [2.45, 2.75) is 12.5 Å². The normalized spacial score (nSPS) is 16.2. The summed E-state index contributed by atoms with van der Waals surface area (Å²) in [4.78, 5) is 28.8. The summed E-state index contributed by atoms with van der Waals surface area (Å²) in [5.74, 6) is -0.133. The van der Waals surface area contributed by atoms with Crippen molar-refractivity contribution in [2.75, 3.05) is 39.9 Å². The maximum Gasteiger partial charge on any atom is 0.252 e. The molecule has 0 bridgehead atoms. The van der Waals surface area contributed by atoms with Gasteiger partial charge in [-0.15, -0.1) is 5.10 Å². The van der Waals surface area contributed by atoms with Crippen molar-refractivity contribution in [1.29, 1.82) is 0 Å². The van der Waals surface area contributed by atoms with Crippen molar-refractivity contribution in [3.8, 4) is 0 Å². The van der Waals surface area contributed by atoms with Gasteiger partial charge < -0.3 is 14.5 Å². The molecule has 0 saturated carbocycles. The van der Waals surface area contributed by atoms with Gasteiger partial charge in [0.2, 0.25) is 5.91 Å². The Morgan fingerprint density at radius 2 is 1.85 bits per heavy atom. The predicted octanol–water partition coefficient (Wildman–Crippen LogP) is -0.0302. The van der Waals surface area contributed by atoms with Crippen molar-refractivity contribution in [1.82, 2.24) is 30.0 Å². The molecule has 1 atom stereocenters. The van der Waals surface area contributed by atoms with Gasteiger partial charge in [0.1, 0.15) is 12.9 Å². The number of ether oxygens (including phenoxy) is 1. The number of nitrogens with zero attached hydrogens (tertiary/aromatic N) is 6. The van der Waals surface area contributed by atoms with Crippen LogP contribution in [0.25, 0.3) is 0 Å². The fraction of sp³-hybridized carbons (Fsp3) is 0.471. The average Bonchev–Trinajstić information content (AvgIpc) is 3.06. The van der Waals surface area contributed by atoms with E-state index in [4.69, 9.17) is 4.74 Å². The van der Waals surface area contributed by atoms with E-state index < -0.39 is 6.04 Å². The lowest BCUT2D eigenvalue weighted by Gasteiger charge is -2.26. The largest absolute Gasteiger partial charge is 0.375 e. The number of methoxy groups -OCH3 is 1. The number of carbonyl (C=O) groups is 2. The summed E-state index contributed by atoms with van der Waals surface area (Å²) >= 11 is 0. The summed E-state index contributed by atoms with van der Waals surface area (Å²) in [7, 11) is 1.50. The van der Waals surface area contributed by atoms with E-state index in [9.17, 15) is 9.59 Å². The Balaban J connectivity index is 1.76. The standard InChI is InChI=1S/C17H22N6O3/c1-26-12-15(24)21-8-5-9-22(11-10-21)17(25)16(23-13-18-19-20-23)14-6-3-2-4-7-14/h2-4,6-7,13,16H,5,8-12H2,1H3/t16-/m0/s1. The molecule has 138 valence electrons. The van der Waals surface area contributed by atoms with Crippen LogP contribution in [0.15, 0.2) is 36.7 Å². The topological polar surface area (TPSA) is 93.5 Å². The molecule has 0 aliphatic carbocycles. The summed E-state index contributed by atoms with van der Waals surface area (Å²) in [5, 5.41) is 11.3. The first-order chi connectivity index (χ1) is 12.7.